The summed E-state index contributed by atoms with van der Waals surface area (Å²) in [6, 6.07) is 5.05. The SMILES string of the molecule is CC[C@@H](N)c1ccc(O)c(Cl)c1. The van der Waals surface area contributed by atoms with Crippen molar-refractivity contribution in [2.75, 3.05) is 0 Å². The number of nitrogens with two attached hydrogens (primary N) is 1. The zero-order chi connectivity index (χ0) is 9.14. The van der Waals surface area contributed by atoms with E-state index in [0.29, 0.717) is 5.02 Å². The molecule has 0 spiro atoms. The Morgan fingerprint density at radius 2 is 2.25 bits per heavy atom. The zero-order valence-electron chi connectivity index (χ0n) is 6.92. The molecule has 2 nitrogen and oxygen atoms in total. The van der Waals surface area contributed by atoms with Crippen molar-refractivity contribution in [3.8, 4) is 5.75 Å². The van der Waals surface area contributed by atoms with Gasteiger partial charge in [-0.15, -0.1) is 0 Å². The average Bonchev–Trinajstić information content (AvgIpc) is 2.08. The van der Waals surface area contributed by atoms with Crippen molar-refractivity contribution in [2.24, 2.45) is 5.73 Å². The van der Waals surface area contributed by atoms with E-state index in [1.165, 1.54) is 0 Å². The Morgan fingerprint density at radius 1 is 1.58 bits per heavy atom. The Bertz CT molecular complexity index is 275. The molecule has 0 saturated carbocycles. The van der Waals surface area contributed by atoms with Crippen LogP contribution in [0.25, 0.3) is 0 Å². The fourth-order valence-corrected chi connectivity index (χ4v) is 1.18. The molecule has 0 aliphatic carbocycles. The van der Waals surface area contributed by atoms with Gasteiger partial charge in [0.2, 0.25) is 0 Å². The van der Waals surface area contributed by atoms with Crippen LogP contribution in [0.2, 0.25) is 5.02 Å². The Balaban J connectivity index is 2.96. The predicted octanol–water partition coefficient (Wildman–Crippen LogP) is 2.46. The number of aromatic hydroxyl groups is 1. The molecule has 1 aromatic rings. The van der Waals surface area contributed by atoms with Gasteiger partial charge in [-0.2, -0.15) is 0 Å². The Labute approximate surface area is 77.0 Å². The van der Waals surface area contributed by atoms with Gasteiger partial charge in [-0.3, -0.25) is 0 Å². The van der Waals surface area contributed by atoms with Gasteiger partial charge in [-0.25, -0.2) is 0 Å². The summed E-state index contributed by atoms with van der Waals surface area (Å²) >= 11 is 5.71. The van der Waals surface area contributed by atoms with Gasteiger partial charge < -0.3 is 10.8 Å². The molecule has 0 bridgehead atoms. The van der Waals surface area contributed by atoms with Crippen LogP contribution < -0.4 is 5.73 Å². The van der Waals surface area contributed by atoms with Crippen LogP contribution >= 0.6 is 11.6 Å². The maximum absolute atomic E-state index is 9.13. The van der Waals surface area contributed by atoms with E-state index in [1.807, 2.05) is 6.92 Å². The Kier molecular flexibility index (Phi) is 2.95. The molecule has 0 radical (unpaired) electrons. The van der Waals surface area contributed by atoms with E-state index in [1.54, 1.807) is 18.2 Å². The second-order valence-corrected chi connectivity index (χ2v) is 3.13. The van der Waals surface area contributed by atoms with Crippen molar-refractivity contribution >= 4 is 11.6 Å². The van der Waals surface area contributed by atoms with Crippen molar-refractivity contribution in [3.05, 3.63) is 28.8 Å². The second kappa shape index (κ2) is 3.78. The van der Waals surface area contributed by atoms with Crippen molar-refractivity contribution < 1.29 is 5.11 Å². The van der Waals surface area contributed by atoms with Crippen LogP contribution in [0.5, 0.6) is 5.75 Å². The number of phenolic OH excluding ortho intramolecular Hbond substituents is 1. The monoisotopic (exact) mass is 185 g/mol. The van der Waals surface area contributed by atoms with Crippen LogP contribution in [0.1, 0.15) is 24.9 Å². The third-order valence-electron chi connectivity index (χ3n) is 1.84. The highest BCUT2D eigenvalue weighted by Crippen LogP contribution is 2.26. The van der Waals surface area contributed by atoms with Gasteiger partial charge in [0.1, 0.15) is 5.75 Å². The summed E-state index contributed by atoms with van der Waals surface area (Å²) in [4.78, 5) is 0. The standard InChI is InChI=1S/C9H12ClNO/c1-2-8(11)6-3-4-9(12)7(10)5-6/h3-5,8,12H,2,11H2,1H3/t8-/m1/s1. The lowest BCUT2D eigenvalue weighted by molar-refractivity contribution is 0.475. The first kappa shape index (κ1) is 9.36. The van der Waals surface area contributed by atoms with Crippen LogP contribution in [0.15, 0.2) is 18.2 Å². The summed E-state index contributed by atoms with van der Waals surface area (Å²) < 4.78 is 0. The van der Waals surface area contributed by atoms with Crippen molar-refractivity contribution in [2.45, 2.75) is 19.4 Å². The molecule has 0 heterocycles. The first-order chi connectivity index (χ1) is 5.65. The number of benzene rings is 1. The first-order valence-corrected chi connectivity index (χ1v) is 4.27. The molecule has 3 N–H and O–H groups in total. The van der Waals surface area contributed by atoms with Gasteiger partial charge in [0.25, 0.3) is 0 Å². The molecule has 0 aliphatic heterocycles. The largest absolute Gasteiger partial charge is 0.506 e. The molecular weight excluding hydrogens is 174 g/mol. The number of hydrogen-bond acceptors (Lipinski definition) is 2. The average molecular weight is 186 g/mol. The van der Waals surface area contributed by atoms with E-state index in [0.717, 1.165) is 12.0 Å². The molecule has 0 aromatic heterocycles. The van der Waals surface area contributed by atoms with Gasteiger partial charge in [0, 0.05) is 6.04 Å². The first-order valence-electron chi connectivity index (χ1n) is 3.89. The minimum absolute atomic E-state index is 0.00287. The molecule has 1 rings (SSSR count). The molecular formula is C9H12ClNO. The number of rotatable bonds is 2. The number of phenols is 1. The lowest BCUT2D eigenvalue weighted by Crippen LogP contribution is -2.08. The summed E-state index contributed by atoms with van der Waals surface area (Å²) in [6.45, 7) is 2.01. The highest BCUT2D eigenvalue weighted by atomic mass is 35.5. The Hall–Kier alpha value is -0.730. The molecule has 66 valence electrons. The lowest BCUT2D eigenvalue weighted by atomic mass is 10.1. The molecule has 0 unspecified atom stereocenters. The molecule has 0 aliphatic rings. The van der Waals surface area contributed by atoms with Crippen LogP contribution in [-0.4, -0.2) is 5.11 Å². The van der Waals surface area contributed by atoms with Crippen molar-refractivity contribution in [3.63, 3.8) is 0 Å². The van der Waals surface area contributed by atoms with E-state index in [2.05, 4.69) is 0 Å². The Morgan fingerprint density at radius 3 is 2.75 bits per heavy atom. The van der Waals surface area contributed by atoms with Gasteiger partial charge in [0.05, 0.1) is 5.02 Å². The maximum atomic E-state index is 9.13. The molecule has 0 saturated heterocycles. The zero-order valence-corrected chi connectivity index (χ0v) is 7.67. The summed E-state index contributed by atoms with van der Waals surface area (Å²) in [6.07, 6.45) is 0.862. The molecule has 0 amide bonds. The quantitative estimate of drug-likeness (QED) is 0.744. The summed E-state index contributed by atoms with van der Waals surface area (Å²) in [7, 11) is 0. The summed E-state index contributed by atoms with van der Waals surface area (Å²) in [5.74, 6) is 0.101. The topological polar surface area (TPSA) is 46.2 Å². The van der Waals surface area contributed by atoms with Gasteiger partial charge in [-0.05, 0) is 24.1 Å². The second-order valence-electron chi connectivity index (χ2n) is 2.73. The number of halogens is 1. The van der Waals surface area contributed by atoms with Gasteiger partial charge in [-0.1, -0.05) is 24.6 Å². The normalized spacial score (nSPS) is 12.9. The van der Waals surface area contributed by atoms with Crippen LogP contribution in [0, 0.1) is 0 Å². The minimum atomic E-state index is 0.00287. The van der Waals surface area contributed by atoms with Gasteiger partial charge >= 0.3 is 0 Å². The van der Waals surface area contributed by atoms with E-state index in [4.69, 9.17) is 22.4 Å². The van der Waals surface area contributed by atoms with Crippen molar-refractivity contribution in [1.29, 1.82) is 0 Å². The van der Waals surface area contributed by atoms with Crippen LogP contribution in [0.4, 0.5) is 0 Å². The van der Waals surface area contributed by atoms with Crippen LogP contribution in [0.3, 0.4) is 0 Å². The highest BCUT2D eigenvalue weighted by Gasteiger charge is 2.05. The molecule has 0 fully saturated rings. The molecule has 12 heavy (non-hydrogen) atoms. The van der Waals surface area contributed by atoms with E-state index in [9.17, 15) is 0 Å². The smallest absolute Gasteiger partial charge is 0.134 e. The fraction of sp³-hybridized carbons (Fsp3) is 0.333. The van der Waals surface area contributed by atoms with Crippen molar-refractivity contribution in [1.82, 2.24) is 0 Å². The number of hydrogen-bond donors (Lipinski definition) is 2. The lowest BCUT2D eigenvalue weighted by Gasteiger charge is -2.09. The highest BCUT2D eigenvalue weighted by molar-refractivity contribution is 6.32. The summed E-state index contributed by atoms with van der Waals surface area (Å²) in [5, 5.41) is 9.48. The van der Waals surface area contributed by atoms with E-state index in [-0.39, 0.29) is 11.8 Å². The summed E-state index contributed by atoms with van der Waals surface area (Å²) in [5.41, 5.74) is 6.73. The maximum Gasteiger partial charge on any atom is 0.134 e. The van der Waals surface area contributed by atoms with E-state index < -0.39 is 0 Å². The van der Waals surface area contributed by atoms with Gasteiger partial charge in [0.15, 0.2) is 0 Å². The fourth-order valence-electron chi connectivity index (χ4n) is 0.989. The molecule has 3 heteroatoms. The predicted molar refractivity (Wildman–Crippen MR) is 50.3 cm³/mol. The van der Waals surface area contributed by atoms with E-state index >= 15 is 0 Å². The molecule has 1 atom stereocenters. The minimum Gasteiger partial charge on any atom is -0.506 e. The third-order valence-corrected chi connectivity index (χ3v) is 2.14. The van der Waals surface area contributed by atoms with Crippen LogP contribution in [-0.2, 0) is 0 Å². The third kappa shape index (κ3) is 1.90. The molecule has 1 aromatic carbocycles.